The number of benzene rings is 1. The van der Waals surface area contributed by atoms with Crippen molar-refractivity contribution in [1.82, 2.24) is 4.57 Å². The van der Waals surface area contributed by atoms with E-state index in [-0.39, 0.29) is 17.6 Å². The van der Waals surface area contributed by atoms with Crippen molar-refractivity contribution in [1.29, 1.82) is 5.26 Å². The maximum atomic E-state index is 12.0. The molecule has 0 aliphatic heterocycles. The second kappa shape index (κ2) is 9.79. The van der Waals surface area contributed by atoms with E-state index in [4.69, 9.17) is 20.9 Å². The number of pyridine rings is 1. The largest absolute Gasteiger partial charge is 0.483 e. The minimum absolute atomic E-state index is 0.0456. The molecule has 0 aliphatic carbocycles. The molecule has 1 heterocycles. The highest BCUT2D eigenvalue weighted by atomic mass is 16.3. The summed E-state index contributed by atoms with van der Waals surface area (Å²) in [5.74, 6) is -0.879. The Morgan fingerprint density at radius 2 is 1.92 bits per heavy atom. The minimum Gasteiger partial charge on any atom is -0.483 e. The normalized spacial score (nSPS) is 8.96. The molecule has 1 amide bonds. The van der Waals surface area contributed by atoms with Crippen molar-refractivity contribution in [2.24, 2.45) is 12.8 Å². The lowest BCUT2D eigenvalue weighted by Gasteiger charge is -2.10. The third-order valence-corrected chi connectivity index (χ3v) is 2.91. The monoisotopic (exact) mass is 331 g/mol. The predicted octanol–water partition coefficient (Wildman–Crippen LogP) is 1.93. The highest BCUT2D eigenvalue weighted by Gasteiger charge is 2.19. The first kappa shape index (κ1) is 20.9. The number of hydrogen-bond acceptors (Lipinski definition) is 4. The van der Waals surface area contributed by atoms with Crippen LogP contribution in [0.3, 0.4) is 0 Å². The molecule has 3 N–H and O–H groups in total. The van der Waals surface area contributed by atoms with Gasteiger partial charge in [-0.15, -0.1) is 0 Å². The van der Waals surface area contributed by atoms with E-state index in [0.29, 0.717) is 10.9 Å². The van der Waals surface area contributed by atoms with Gasteiger partial charge in [0.15, 0.2) is 0 Å². The zero-order chi connectivity index (χ0) is 18.9. The Morgan fingerprint density at radius 1 is 1.42 bits per heavy atom. The molecule has 0 aliphatic rings. The second-order valence-electron chi connectivity index (χ2n) is 4.92. The van der Waals surface area contributed by atoms with Gasteiger partial charge in [0.25, 0.3) is 17.9 Å². The van der Waals surface area contributed by atoms with E-state index in [1.54, 1.807) is 19.2 Å². The molecule has 0 saturated heterocycles. The molecule has 2 rings (SSSR count). The van der Waals surface area contributed by atoms with Gasteiger partial charge in [0.1, 0.15) is 11.6 Å². The quantitative estimate of drug-likeness (QED) is 0.772. The van der Waals surface area contributed by atoms with Gasteiger partial charge in [-0.05, 0) is 19.1 Å². The average molecular weight is 331 g/mol. The number of amides is 1. The van der Waals surface area contributed by atoms with E-state index >= 15 is 0 Å². The highest BCUT2D eigenvalue weighted by molar-refractivity contribution is 6.01. The SMILES string of the molecule is CCC.Cc1ccc2c(c1)c(C#N)c(C(N)=O)c(=O)n2C.O=CO. The van der Waals surface area contributed by atoms with Crippen LogP contribution in [0.4, 0.5) is 0 Å². The summed E-state index contributed by atoms with van der Waals surface area (Å²) in [6, 6.07) is 7.25. The number of nitrogens with two attached hydrogens (primary N) is 1. The van der Waals surface area contributed by atoms with E-state index in [9.17, 15) is 9.59 Å². The lowest BCUT2D eigenvalue weighted by atomic mass is 10.0. The first-order chi connectivity index (χ1) is 11.3. The van der Waals surface area contributed by atoms with Crippen molar-refractivity contribution >= 4 is 23.3 Å². The molecule has 0 unspecified atom stereocenters. The first-order valence-electron chi connectivity index (χ1n) is 7.21. The number of nitrogens with zero attached hydrogens (tertiary/aromatic N) is 2. The summed E-state index contributed by atoms with van der Waals surface area (Å²) in [5.41, 5.74) is 5.98. The molecular weight excluding hydrogens is 310 g/mol. The zero-order valence-electron chi connectivity index (χ0n) is 14.2. The number of nitriles is 1. The molecule has 1 aromatic heterocycles. The zero-order valence-corrected chi connectivity index (χ0v) is 14.2. The fraction of sp³-hybridized carbons (Fsp3) is 0.294. The molecule has 7 heteroatoms. The lowest BCUT2D eigenvalue weighted by Crippen LogP contribution is -2.30. The Labute approximate surface area is 139 Å². The Morgan fingerprint density at radius 3 is 2.33 bits per heavy atom. The third kappa shape index (κ3) is 4.68. The van der Waals surface area contributed by atoms with Gasteiger partial charge < -0.3 is 15.4 Å². The molecule has 0 saturated carbocycles. The Kier molecular flexibility index (Phi) is 8.51. The van der Waals surface area contributed by atoms with Crippen LogP contribution >= 0.6 is 0 Å². The average Bonchev–Trinajstić information content (AvgIpc) is 2.51. The van der Waals surface area contributed by atoms with E-state index in [2.05, 4.69) is 13.8 Å². The van der Waals surface area contributed by atoms with E-state index in [1.165, 1.54) is 11.0 Å². The van der Waals surface area contributed by atoms with Gasteiger partial charge >= 0.3 is 0 Å². The van der Waals surface area contributed by atoms with Crippen molar-refractivity contribution in [2.75, 3.05) is 0 Å². The number of carboxylic acid groups (broad SMARTS) is 1. The molecule has 0 spiro atoms. The van der Waals surface area contributed by atoms with Crippen LogP contribution in [0.1, 0.15) is 41.8 Å². The van der Waals surface area contributed by atoms with E-state index in [1.807, 2.05) is 19.1 Å². The van der Waals surface area contributed by atoms with E-state index in [0.717, 1.165) is 5.56 Å². The van der Waals surface area contributed by atoms with Gasteiger partial charge in [-0.2, -0.15) is 5.26 Å². The van der Waals surface area contributed by atoms with Crippen molar-refractivity contribution in [3.05, 3.63) is 45.2 Å². The van der Waals surface area contributed by atoms with Crippen LogP contribution in [0, 0.1) is 18.3 Å². The number of aryl methyl sites for hydroxylation is 2. The number of primary amides is 1. The van der Waals surface area contributed by atoms with Crippen LogP contribution in [0.2, 0.25) is 0 Å². The molecule has 2 aromatic rings. The first-order valence-corrected chi connectivity index (χ1v) is 7.21. The topological polar surface area (TPSA) is 126 Å². The van der Waals surface area contributed by atoms with Gasteiger partial charge in [0, 0.05) is 12.4 Å². The molecule has 0 fully saturated rings. The van der Waals surface area contributed by atoms with Crippen LogP contribution in [0.15, 0.2) is 23.0 Å². The molecule has 0 atom stereocenters. The van der Waals surface area contributed by atoms with Crippen LogP contribution in [0.25, 0.3) is 10.9 Å². The van der Waals surface area contributed by atoms with Crippen molar-refractivity contribution in [3.63, 3.8) is 0 Å². The predicted molar refractivity (Wildman–Crippen MR) is 91.8 cm³/mol. The van der Waals surface area contributed by atoms with Gasteiger partial charge in [0.2, 0.25) is 0 Å². The van der Waals surface area contributed by atoms with Crippen molar-refractivity contribution in [2.45, 2.75) is 27.2 Å². The minimum atomic E-state index is -0.879. The number of carbonyl (C=O) groups excluding carboxylic acids is 1. The molecule has 128 valence electrons. The molecule has 1 aromatic carbocycles. The molecular formula is C17H21N3O4. The molecule has 0 bridgehead atoms. The van der Waals surface area contributed by atoms with Crippen LogP contribution in [-0.4, -0.2) is 22.1 Å². The summed E-state index contributed by atoms with van der Waals surface area (Å²) in [5, 5.41) is 16.6. The summed E-state index contributed by atoms with van der Waals surface area (Å²) >= 11 is 0. The summed E-state index contributed by atoms with van der Waals surface area (Å²) in [7, 11) is 1.55. The Balaban J connectivity index is 0.000000772. The fourth-order valence-corrected chi connectivity index (χ4v) is 2.01. The fourth-order valence-electron chi connectivity index (χ4n) is 2.01. The van der Waals surface area contributed by atoms with Gasteiger partial charge in [0.05, 0.1) is 11.1 Å². The molecule has 7 nitrogen and oxygen atoms in total. The van der Waals surface area contributed by atoms with Crippen LogP contribution < -0.4 is 11.3 Å². The smallest absolute Gasteiger partial charge is 0.290 e. The van der Waals surface area contributed by atoms with Gasteiger partial charge in [-0.25, -0.2) is 0 Å². The molecule has 0 radical (unpaired) electrons. The highest BCUT2D eigenvalue weighted by Crippen LogP contribution is 2.20. The lowest BCUT2D eigenvalue weighted by molar-refractivity contribution is -0.122. The maximum absolute atomic E-state index is 12.0. The summed E-state index contributed by atoms with van der Waals surface area (Å²) < 4.78 is 1.33. The summed E-state index contributed by atoms with van der Waals surface area (Å²) in [6.07, 6.45) is 1.25. The van der Waals surface area contributed by atoms with Crippen LogP contribution in [0.5, 0.6) is 0 Å². The Bertz CT molecular complexity index is 832. The third-order valence-electron chi connectivity index (χ3n) is 2.91. The number of hydrogen-bond donors (Lipinski definition) is 2. The number of carbonyl (C=O) groups is 2. The number of fused-ring (bicyclic) bond motifs is 1. The van der Waals surface area contributed by atoms with Gasteiger partial charge in [-0.1, -0.05) is 31.9 Å². The van der Waals surface area contributed by atoms with Crippen molar-refractivity contribution < 1.29 is 14.7 Å². The van der Waals surface area contributed by atoms with Crippen LogP contribution in [-0.2, 0) is 11.8 Å². The maximum Gasteiger partial charge on any atom is 0.290 e. The number of rotatable bonds is 1. The molecule has 24 heavy (non-hydrogen) atoms. The summed E-state index contributed by atoms with van der Waals surface area (Å²) in [6.45, 7) is 5.87. The Hall–Kier alpha value is -3.14. The van der Waals surface area contributed by atoms with Gasteiger partial charge in [-0.3, -0.25) is 14.4 Å². The number of aromatic nitrogens is 1. The van der Waals surface area contributed by atoms with E-state index < -0.39 is 11.5 Å². The second-order valence-corrected chi connectivity index (χ2v) is 4.92. The standard InChI is InChI=1S/C13H11N3O2.C3H8.CH2O2/c1-7-3-4-10-8(5-7)9(6-14)11(12(15)17)13(18)16(10)2;1-3-2;2-1-3/h3-5H,1-2H3,(H2,15,17);3H2,1-2H3;1H,(H,2,3). The summed E-state index contributed by atoms with van der Waals surface area (Å²) in [4.78, 5) is 31.7. The van der Waals surface area contributed by atoms with Crippen molar-refractivity contribution in [3.8, 4) is 6.07 Å².